The lowest BCUT2D eigenvalue weighted by Crippen LogP contribution is -2.12. The first-order chi connectivity index (χ1) is 7.90. The molecule has 90 valence electrons. The Balaban J connectivity index is 3.64. The minimum atomic E-state index is -1.11. The number of hydrogen-bond acceptors (Lipinski definition) is 2. The summed E-state index contributed by atoms with van der Waals surface area (Å²) in [6, 6.07) is 1.50. The molecule has 0 aliphatic carbocycles. The van der Waals surface area contributed by atoms with Crippen LogP contribution in [0.1, 0.15) is 37.4 Å². The van der Waals surface area contributed by atoms with E-state index in [-0.39, 0.29) is 16.7 Å². The van der Waals surface area contributed by atoms with Crippen molar-refractivity contribution in [1.29, 1.82) is 0 Å². The Morgan fingerprint density at radius 3 is 2.29 bits per heavy atom. The van der Waals surface area contributed by atoms with Crippen LogP contribution < -0.4 is 0 Å². The van der Waals surface area contributed by atoms with E-state index < -0.39 is 11.9 Å². The van der Waals surface area contributed by atoms with Crippen LogP contribution in [0, 0.1) is 13.8 Å². The summed E-state index contributed by atoms with van der Waals surface area (Å²) in [4.78, 5) is 22.2. The molecule has 0 bridgehead atoms. The maximum Gasteiger partial charge on any atom is 0.336 e. The summed E-state index contributed by atoms with van der Waals surface area (Å²) in [5.41, 5.74) is 1.67. The molecule has 1 aromatic carbocycles. The maximum absolute atomic E-state index is 11.2. The first-order valence-electron chi connectivity index (χ1n) is 5.10. The van der Waals surface area contributed by atoms with E-state index in [1.54, 1.807) is 13.0 Å². The van der Waals surface area contributed by atoms with Crippen LogP contribution in [-0.4, -0.2) is 22.2 Å². The summed E-state index contributed by atoms with van der Waals surface area (Å²) >= 11 is 0. The summed E-state index contributed by atoms with van der Waals surface area (Å²) in [6.07, 6.45) is 2.02. The number of carboxylic acids is 2. The van der Waals surface area contributed by atoms with Crippen molar-refractivity contribution < 1.29 is 19.8 Å². The number of allylic oxidation sites excluding steroid dienone is 1. The fourth-order valence-electron chi connectivity index (χ4n) is 1.89. The smallest absolute Gasteiger partial charge is 0.336 e. The molecule has 0 radical (unpaired) electrons. The fourth-order valence-corrected chi connectivity index (χ4v) is 1.89. The van der Waals surface area contributed by atoms with Crippen LogP contribution in [0.4, 0.5) is 0 Å². The average molecular weight is 234 g/mol. The third-order valence-electron chi connectivity index (χ3n) is 2.71. The van der Waals surface area contributed by atoms with Crippen molar-refractivity contribution in [2.45, 2.75) is 20.3 Å². The third kappa shape index (κ3) is 2.36. The van der Waals surface area contributed by atoms with Crippen molar-refractivity contribution in [3.63, 3.8) is 0 Å². The zero-order chi connectivity index (χ0) is 13.2. The lowest BCUT2D eigenvalue weighted by atomic mass is 9.91. The molecule has 0 saturated carbocycles. The molecule has 1 aromatic rings. The molecule has 17 heavy (non-hydrogen) atoms. The SMILES string of the molecule is C=CCc1c(C)cc(C(=O)O)c(C)c1C(=O)O. The van der Waals surface area contributed by atoms with Crippen molar-refractivity contribution in [3.8, 4) is 0 Å². The van der Waals surface area contributed by atoms with Gasteiger partial charge in [-0.3, -0.25) is 0 Å². The van der Waals surface area contributed by atoms with Crippen molar-refractivity contribution in [2.24, 2.45) is 0 Å². The quantitative estimate of drug-likeness (QED) is 0.784. The molecule has 4 nitrogen and oxygen atoms in total. The van der Waals surface area contributed by atoms with Crippen molar-refractivity contribution in [2.75, 3.05) is 0 Å². The monoisotopic (exact) mass is 234 g/mol. The normalized spacial score (nSPS) is 10.0. The molecule has 0 amide bonds. The Labute approximate surface area is 99.2 Å². The molecule has 2 N–H and O–H groups in total. The maximum atomic E-state index is 11.2. The van der Waals surface area contributed by atoms with Crippen LogP contribution in [0.15, 0.2) is 18.7 Å². The van der Waals surface area contributed by atoms with Gasteiger partial charge in [-0.2, -0.15) is 0 Å². The predicted molar refractivity (Wildman–Crippen MR) is 63.7 cm³/mol. The zero-order valence-electron chi connectivity index (χ0n) is 9.78. The van der Waals surface area contributed by atoms with Gasteiger partial charge >= 0.3 is 11.9 Å². The summed E-state index contributed by atoms with van der Waals surface area (Å²) in [7, 11) is 0. The lowest BCUT2D eigenvalue weighted by molar-refractivity contribution is 0.0695. The average Bonchev–Trinajstić information content (AvgIpc) is 2.22. The molecule has 0 spiro atoms. The van der Waals surface area contributed by atoms with Gasteiger partial charge in [0.15, 0.2) is 0 Å². The third-order valence-corrected chi connectivity index (χ3v) is 2.71. The van der Waals surface area contributed by atoms with Gasteiger partial charge in [-0.05, 0) is 43.0 Å². The van der Waals surface area contributed by atoms with Crippen molar-refractivity contribution in [3.05, 3.63) is 46.5 Å². The zero-order valence-corrected chi connectivity index (χ0v) is 9.78. The second-order valence-corrected chi connectivity index (χ2v) is 3.82. The number of aromatic carboxylic acids is 2. The molecule has 0 saturated heterocycles. The largest absolute Gasteiger partial charge is 0.478 e. The van der Waals surface area contributed by atoms with Gasteiger partial charge in [-0.15, -0.1) is 6.58 Å². The van der Waals surface area contributed by atoms with Gasteiger partial charge < -0.3 is 10.2 Å². The molecule has 4 heteroatoms. The number of benzene rings is 1. The van der Waals surface area contributed by atoms with E-state index in [9.17, 15) is 14.7 Å². The first-order valence-corrected chi connectivity index (χ1v) is 5.10. The van der Waals surface area contributed by atoms with Crippen molar-refractivity contribution >= 4 is 11.9 Å². The molecule has 0 fully saturated rings. The van der Waals surface area contributed by atoms with Gasteiger partial charge in [0.25, 0.3) is 0 Å². The second kappa shape index (κ2) is 4.82. The van der Waals surface area contributed by atoms with Gasteiger partial charge in [0, 0.05) is 0 Å². The summed E-state index contributed by atoms with van der Waals surface area (Å²) in [6.45, 7) is 6.79. The highest BCUT2D eigenvalue weighted by Crippen LogP contribution is 2.23. The highest BCUT2D eigenvalue weighted by molar-refractivity contribution is 5.98. The predicted octanol–water partition coefficient (Wildman–Crippen LogP) is 2.43. The van der Waals surface area contributed by atoms with Crippen LogP contribution in [0.2, 0.25) is 0 Å². The topological polar surface area (TPSA) is 74.6 Å². The number of carboxylic acid groups (broad SMARTS) is 2. The van der Waals surface area contributed by atoms with Crippen LogP contribution in [0.3, 0.4) is 0 Å². The van der Waals surface area contributed by atoms with Gasteiger partial charge in [0.2, 0.25) is 0 Å². The molecule has 0 aliphatic heterocycles. The molecule has 0 atom stereocenters. The van der Waals surface area contributed by atoms with E-state index in [1.807, 2.05) is 0 Å². The van der Waals surface area contributed by atoms with Gasteiger partial charge in [-0.25, -0.2) is 9.59 Å². The second-order valence-electron chi connectivity index (χ2n) is 3.82. The first kappa shape index (κ1) is 13.0. The van der Waals surface area contributed by atoms with Crippen LogP contribution >= 0.6 is 0 Å². The Morgan fingerprint density at radius 1 is 1.29 bits per heavy atom. The van der Waals surface area contributed by atoms with E-state index in [4.69, 9.17) is 5.11 Å². The van der Waals surface area contributed by atoms with E-state index >= 15 is 0 Å². The molecule has 0 aliphatic rings. The van der Waals surface area contributed by atoms with Crippen LogP contribution in [0.5, 0.6) is 0 Å². The number of hydrogen-bond donors (Lipinski definition) is 2. The Hall–Kier alpha value is -2.10. The van der Waals surface area contributed by atoms with Gasteiger partial charge in [0.05, 0.1) is 11.1 Å². The fraction of sp³-hybridized carbons (Fsp3) is 0.231. The Bertz CT molecular complexity index is 501. The van der Waals surface area contributed by atoms with Crippen molar-refractivity contribution in [1.82, 2.24) is 0 Å². The van der Waals surface area contributed by atoms with E-state index in [0.29, 0.717) is 17.5 Å². The summed E-state index contributed by atoms with van der Waals surface area (Å²) in [5.74, 6) is -2.22. The minimum Gasteiger partial charge on any atom is -0.478 e. The standard InChI is InChI=1S/C13H14O4/c1-4-5-9-7(2)6-10(12(14)15)8(3)11(9)13(16)17/h4,6H,1,5H2,2-3H3,(H,14,15)(H,16,17). The molecular formula is C13H14O4. The molecule has 0 aromatic heterocycles. The lowest BCUT2D eigenvalue weighted by Gasteiger charge is -2.13. The van der Waals surface area contributed by atoms with Crippen LogP contribution in [0.25, 0.3) is 0 Å². The van der Waals surface area contributed by atoms with E-state index in [2.05, 4.69) is 6.58 Å². The molecular weight excluding hydrogens is 220 g/mol. The number of carbonyl (C=O) groups is 2. The Kier molecular flexibility index (Phi) is 3.68. The molecule has 1 rings (SSSR count). The summed E-state index contributed by atoms with van der Waals surface area (Å²) < 4.78 is 0. The van der Waals surface area contributed by atoms with Gasteiger partial charge in [0.1, 0.15) is 0 Å². The highest BCUT2D eigenvalue weighted by atomic mass is 16.4. The highest BCUT2D eigenvalue weighted by Gasteiger charge is 2.20. The van der Waals surface area contributed by atoms with E-state index in [1.165, 1.54) is 13.0 Å². The van der Waals surface area contributed by atoms with Gasteiger partial charge in [-0.1, -0.05) is 6.08 Å². The summed E-state index contributed by atoms with van der Waals surface area (Å²) in [5, 5.41) is 18.2. The Morgan fingerprint density at radius 2 is 1.88 bits per heavy atom. The number of aryl methyl sites for hydroxylation is 1. The molecule has 0 unspecified atom stereocenters. The number of rotatable bonds is 4. The minimum absolute atomic E-state index is 0.0349. The van der Waals surface area contributed by atoms with E-state index in [0.717, 1.165) is 0 Å². The molecule has 0 heterocycles. The van der Waals surface area contributed by atoms with Crippen LogP contribution in [-0.2, 0) is 6.42 Å².